The summed E-state index contributed by atoms with van der Waals surface area (Å²) in [6.45, 7) is 2.64. The van der Waals surface area contributed by atoms with Gasteiger partial charge in [0, 0.05) is 17.3 Å². The average Bonchev–Trinajstić information content (AvgIpc) is 2.82. The zero-order chi connectivity index (χ0) is 13.0. The molecule has 0 radical (unpaired) electrons. The summed E-state index contributed by atoms with van der Waals surface area (Å²) in [5.74, 6) is 0.632. The predicted octanol–water partition coefficient (Wildman–Crippen LogP) is 3.20. The molecule has 0 fully saturated rings. The van der Waals surface area contributed by atoms with Crippen LogP contribution in [0.5, 0.6) is 5.75 Å². The van der Waals surface area contributed by atoms with Crippen molar-refractivity contribution in [1.82, 2.24) is 4.98 Å². The van der Waals surface area contributed by atoms with Gasteiger partial charge >= 0.3 is 0 Å². The van der Waals surface area contributed by atoms with Crippen LogP contribution >= 0.6 is 11.6 Å². The topological polar surface area (TPSA) is 55.5 Å². The fourth-order valence-corrected chi connectivity index (χ4v) is 1.78. The minimum atomic E-state index is -0.867. The Hall–Kier alpha value is -1.52. The minimum Gasteiger partial charge on any atom is -0.492 e. The summed E-state index contributed by atoms with van der Waals surface area (Å²) in [6, 6.07) is 3.38. The molecule has 2 rings (SSSR count). The number of furan rings is 1. The number of aliphatic hydroxyl groups excluding tert-OH is 1. The third kappa shape index (κ3) is 2.83. The van der Waals surface area contributed by atoms with Crippen molar-refractivity contribution in [3.05, 3.63) is 47.1 Å². The molecule has 0 saturated carbocycles. The molecule has 0 bridgehead atoms. The molecule has 0 spiro atoms. The quantitative estimate of drug-likeness (QED) is 0.904. The molecule has 0 aromatic carbocycles. The van der Waals surface area contributed by atoms with Crippen molar-refractivity contribution in [3.63, 3.8) is 0 Å². The fourth-order valence-electron chi connectivity index (χ4n) is 1.56. The normalized spacial score (nSPS) is 12.4. The lowest BCUT2D eigenvalue weighted by atomic mass is 10.1. The van der Waals surface area contributed by atoms with Gasteiger partial charge in [-0.2, -0.15) is 0 Å². The third-order valence-electron chi connectivity index (χ3n) is 2.46. The molecule has 2 heterocycles. The van der Waals surface area contributed by atoms with Crippen LogP contribution in [0.1, 0.15) is 30.6 Å². The largest absolute Gasteiger partial charge is 0.492 e. The number of hydrogen-bond donors (Lipinski definition) is 1. The molecule has 2 aromatic rings. The van der Waals surface area contributed by atoms with Crippen LogP contribution in [-0.2, 0) is 0 Å². The molecule has 5 heteroatoms. The van der Waals surface area contributed by atoms with Gasteiger partial charge in [0.15, 0.2) is 5.22 Å². The Labute approximate surface area is 110 Å². The van der Waals surface area contributed by atoms with E-state index >= 15 is 0 Å². The number of aromatic nitrogens is 1. The second-order valence-corrected chi connectivity index (χ2v) is 4.20. The first-order chi connectivity index (χ1) is 8.72. The highest BCUT2D eigenvalue weighted by Crippen LogP contribution is 2.29. The summed E-state index contributed by atoms with van der Waals surface area (Å²) in [5, 5.41) is 10.4. The monoisotopic (exact) mass is 267 g/mol. The average molecular weight is 268 g/mol. The van der Waals surface area contributed by atoms with Gasteiger partial charge in [-0.05, 0) is 30.2 Å². The molecular weight excluding hydrogens is 254 g/mol. The van der Waals surface area contributed by atoms with Gasteiger partial charge in [0.05, 0.1) is 19.1 Å². The van der Waals surface area contributed by atoms with Crippen LogP contribution in [0.3, 0.4) is 0 Å². The lowest BCUT2D eigenvalue weighted by molar-refractivity contribution is 0.218. The molecule has 0 saturated heterocycles. The minimum absolute atomic E-state index is 0.183. The van der Waals surface area contributed by atoms with Crippen molar-refractivity contribution in [2.24, 2.45) is 0 Å². The molecule has 0 amide bonds. The van der Waals surface area contributed by atoms with Gasteiger partial charge in [-0.15, -0.1) is 0 Å². The summed E-state index contributed by atoms with van der Waals surface area (Å²) in [5.41, 5.74) is 1.14. The first kappa shape index (κ1) is 12.9. The number of hydrogen-bond acceptors (Lipinski definition) is 4. The highest BCUT2D eigenvalue weighted by atomic mass is 35.5. The van der Waals surface area contributed by atoms with Crippen molar-refractivity contribution < 1.29 is 14.3 Å². The number of rotatable bonds is 5. The first-order valence-electron chi connectivity index (χ1n) is 5.71. The van der Waals surface area contributed by atoms with Gasteiger partial charge in [-0.1, -0.05) is 6.92 Å². The second-order valence-electron chi connectivity index (χ2n) is 3.85. The Balaban J connectivity index is 2.20. The molecule has 0 aliphatic carbocycles. The first-order valence-corrected chi connectivity index (χ1v) is 6.09. The van der Waals surface area contributed by atoms with Gasteiger partial charge in [0.25, 0.3) is 0 Å². The molecule has 1 atom stereocenters. The standard InChI is InChI=1S/C13H14ClNO3/c1-2-4-17-10-6-9(7-15-8-10)12(16)11-3-5-18-13(11)14/h3,5-8,12,16H,2,4H2,1H3. The van der Waals surface area contributed by atoms with Crippen molar-refractivity contribution in [2.45, 2.75) is 19.4 Å². The summed E-state index contributed by atoms with van der Waals surface area (Å²) in [4.78, 5) is 4.04. The van der Waals surface area contributed by atoms with E-state index in [4.69, 9.17) is 20.8 Å². The smallest absolute Gasteiger partial charge is 0.199 e. The van der Waals surface area contributed by atoms with Crippen molar-refractivity contribution in [2.75, 3.05) is 6.61 Å². The molecule has 96 valence electrons. The maximum atomic E-state index is 10.2. The maximum absolute atomic E-state index is 10.2. The predicted molar refractivity (Wildman–Crippen MR) is 67.8 cm³/mol. The Morgan fingerprint density at radius 3 is 3.00 bits per heavy atom. The van der Waals surface area contributed by atoms with Crippen molar-refractivity contribution in [1.29, 1.82) is 0 Å². The summed E-state index contributed by atoms with van der Waals surface area (Å²) in [7, 11) is 0. The molecule has 2 aromatic heterocycles. The lowest BCUT2D eigenvalue weighted by Crippen LogP contribution is -2.01. The summed E-state index contributed by atoms with van der Waals surface area (Å²) < 4.78 is 10.4. The molecule has 1 N–H and O–H groups in total. The van der Waals surface area contributed by atoms with Crippen LogP contribution in [0.15, 0.2) is 35.2 Å². The third-order valence-corrected chi connectivity index (χ3v) is 2.77. The molecule has 4 nitrogen and oxygen atoms in total. The highest BCUT2D eigenvalue weighted by Gasteiger charge is 2.17. The molecule has 18 heavy (non-hydrogen) atoms. The highest BCUT2D eigenvalue weighted by molar-refractivity contribution is 6.29. The van der Waals surface area contributed by atoms with Gasteiger partial charge in [-0.25, -0.2) is 0 Å². The molecule has 0 aliphatic rings. The van der Waals surface area contributed by atoms with Crippen LogP contribution in [0.25, 0.3) is 0 Å². The zero-order valence-corrected chi connectivity index (χ0v) is 10.7. The Morgan fingerprint density at radius 2 is 2.33 bits per heavy atom. The van der Waals surface area contributed by atoms with Gasteiger partial charge in [-0.3, -0.25) is 4.98 Å². The number of nitrogens with zero attached hydrogens (tertiary/aromatic N) is 1. The van der Waals surface area contributed by atoms with Crippen molar-refractivity contribution in [3.8, 4) is 5.75 Å². The second kappa shape index (κ2) is 5.89. The Morgan fingerprint density at radius 1 is 1.50 bits per heavy atom. The number of halogens is 1. The van der Waals surface area contributed by atoms with E-state index in [-0.39, 0.29) is 5.22 Å². The molecular formula is C13H14ClNO3. The van der Waals surface area contributed by atoms with E-state index in [1.54, 1.807) is 24.5 Å². The Bertz CT molecular complexity index is 512. The number of ether oxygens (including phenoxy) is 1. The van der Waals surface area contributed by atoms with Gasteiger partial charge < -0.3 is 14.3 Å². The van der Waals surface area contributed by atoms with E-state index in [1.165, 1.54) is 6.26 Å². The number of pyridine rings is 1. The number of aliphatic hydroxyl groups is 1. The SMILES string of the molecule is CCCOc1cncc(C(O)c2ccoc2Cl)c1. The van der Waals surface area contributed by atoms with Crippen LogP contribution in [0, 0.1) is 0 Å². The summed E-state index contributed by atoms with van der Waals surface area (Å²) in [6.07, 6.45) is 4.68. The van der Waals surface area contributed by atoms with E-state index in [0.717, 1.165) is 6.42 Å². The van der Waals surface area contributed by atoms with Crippen LogP contribution in [0.2, 0.25) is 5.22 Å². The lowest BCUT2D eigenvalue weighted by Gasteiger charge is -2.11. The van der Waals surface area contributed by atoms with Crippen LogP contribution in [-0.4, -0.2) is 16.7 Å². The van der Waals surface area contributed by atoms with E-state index in [9.17, 15) is 5.11 Å². The maximum Gasteiger partial charge on any atom is 0.199 e. The van der Waals surface area contributed by atoms with Crippen LogP contribution in [0.4, 0.5) is 0 Å². The van der Waals surface area contributed by atoms with Crippen LogP contribution < -0.4 is 4.74 Å². The Kier molecular flexibility index (Phi) is 4.23. The van der Waals surface area contributed by atoms with Gasteiger partial charge in [0.1, 0.15) is 11.9 Å². The van der Waals surface area contributed by atoms with E-state index in [2.05, 4.69) is 4.98 Å². The van der Waals surface area contributed by atoms with Crippen molar-refractivity contribution >= 4 is 11.6 Å². The molecule has 0 aliphatic heterocycles. The van der Waals surface area contributed by atoms with E-state index in [0.29, 0.717) is 23.5 Å². The molecule has 1 unspecified atom stereocenters. The van der Waals surface area contributed by atoms with E-state index in [1.807, 2.05) is 6.92 Å². The fraction of sp³-hybridized carbons (Fsp3) is 0.308. The van der Waals surface area contributed by atoms with Gasteiger partial charge in [0.2, 0.25) is 0 Å². The zero-order valence-electron chi connectivity index (χ0n) is 9.97. The van der Waals surface area contributed by atoms with E-state index < -0.39 is 6.10 Å². The summed E-state index contributed by atoms with van der Waals surface area (Å²) >= 11 is 5.83.